The third kappa shape index (κ3) is 2.78. The van der Waals surface area contributed by atoms with Crippen molar-refractivity contribution in [2.24, 2.45) is 5.73 Å². The van der Waals surface area contributed by atoms with Gasteiger partial charge in [0.05, 0.1) is 18.6 Å². The lowest BCUT2D eigenvalue weighted by Gasteiger charge is -2.28. The van der Waals surface area contributed by atoms with Crippen molar-refractivity contribution in [3.8, 4) is 5.75 Å². The molecule has 27 heavy (non-hydrogen) atoms. The largest absolute Gasteiger partial charge is 0.465 e. The van der Waals surface area contributed by atoms with Crippen molar-refractivity contribution in [3.05, 3.63) is 85.7 Å². The second-order valence-electron chi connectivity index (χ2n) is 5.95. The van der Waals surface area contributed by atoms with Crippen LogP contribution in [0.25, 0.3) is 10.1 Å². The van der Waals surface area contributed by atoms with E-state index in [2.05, 4.69) is 0 Å². The van der Waals surface area contributed by atoms with Gasteiger partial charge in [-0.05, 0) is 23.8 Å². The van der Waals surface area contributed by atoms with E-state index in [4.69, 9.17) is 26.8 Å². The van der Waals surface area contributed by atoms with E-state index in [1.165, 1.54) is 7.11 Å². The summed E-state index contributed by atoms with van der Waals surface area (Å²) in [5.41, 5.74) is 7.10. The van der Waals surface area contributed by atoms with E-state index < -0.39 is 11.9 Å². The maximum Gasteiger partial charge on any atom is 0.340 e. The number of rotatable bonds is 2. The predicted molar refractivity (Wildman–Crippen MR) is 105 cm³/mol. The van der Waals surface area contributed by atoms with Crippen molar-refractivity contribution < 1.29 is 14.3 Å². The molecule has 7 heteroatoms. The second kappa shape index (κ2) is 6.72. The van der Waals surface area contributed by atoms with Gasteiger partial charge in [-0.1, -0.05) is 53.3 Å². The Morgan fingerprint density at radius 2 is 1.89 bits per heavy atom. The number of fused-ring (bicyclic) bond motifs is 3. The van der Waals surface area contributed by atoms with Crippen molar-refractivity contribution in [1.29, 1.82) is 0 Å². The van der Waals surface area contributed by atoms with Gasteiger partial charge < -0.3 is 15.2 Å². The highest BCUT2D eigenvalue weighted by Gasteiger charge is 2.39. The summed E-state index contributed by atoms with van der Waals surface area (Å²) in [6.45, 7) is 0. The highest BCUT2D eigenvalue weighted by Crippen LogP contribution is 2.46. The van der Waals surface area contributed by atoms with Crippen LogP contribution in [0.15, 0.2) is 64.8 Å². The van der Waals surface area contributed by atoms with Crippen LogP contribution in [0.2, 0.25) is 5.02 Å². The van der Waals surface area contributed by atoms with Crippen LogP contribution >= 0.6 is 22.9 Å². The maximum atomic E-state index is 13.0. The van der Waals surface area contributed by atoms with Gasteiger partial charge in [0, 0.05) is 15.1 Å². The van der Waals surface area contributed by atoms with Gasteiger partial charge >= 0.3 is 5.97 Å². The van der Waals surface area contributed by atoms with Crippen LogP contribution in [0.1, 0.15) is 17.0 Å². The molecule has 0 saturated carbocycles. The Kier molecular flexibility index (Phi) is 4.37. The number of hydrogen-bond acceptors (Lipinski definition) is 6. The molecule has 0 fully saturated rings. The minimum atomic E-state index is -0.775. The van der Waals surface area contributed by atoms with Crippen LogP contribution in [0.5, 0.6) is 5.75 Å². The monoisotopic (exact) mass is 399 g/mol. The molecule has 5 nitrogen and oxygen atoms in total. The number of esters is 1. The Hall–Kier alpha value is -2.83. The minimum absolute atomic E-state index is 0.0673. The molecule has 0 unspecified atom stereocenters. The van der Waals surface area contributed by atoms with E-state index >= 15 is 0 Å². The average Bonchev–Trinajstić information content (AvgIpc) is 2.67. The molecule has 1 atom stereocenters. The quantitative estimate of drug-likeness (QED) is 0.663. The first-order chi connectivity index (χ1) is 13.0. The molecular weight excluding hydrogens is 386 g/mol. The average molecular weight is 400 g/mol. The van der Waals surface area contributed by atoms with Crippen molar-refractivity contribution >= 4 is 39.0 Å². The van der Waals surface area contributed by atoms with E-state index in [0.717, 1.165) is 21.4 Å². The molecule has 2 N–H and O–H groups in total. The summed E-state index contributed by atoms with van der Waals surface area (Å²) < 4.78 is 11.2. The summed E-state index contributed by atoms with van der Waals surface area (Å²) in [7, 11) is 1.25. The SMILES string of the molecule is COC(=O)C1=C(N)Oc2c(c(=O)sc3ccccc23)[C@@H]1c1ccccc1Cl. The van der Waals surface area contributed by atoms with Crippen LogP contribution in [-0.4, -0.2) is 13.1 Å². The molecular formula is C20H14ClNO4S. The van der Waals surface area contributed by atoms with Gasteiger partial charge in [-0.25, -0.2) is 4.79 Å². The zero-order valence-corrected chi connectivity index (χ0v) is 15.8. The summed E-state index contributed by atoms with van der Waals surface area (Å²) in [5, 5.41) is 1.17. The summed E-state index contributed by atoms with van der Waals surface area (Å²) in [4.78, 5) is 25.5. The minimum Gasteiger partial charge on any atom is -0.465 e. The Labute approximate surface area is 163 Å². The Bertz CT molecular complexity index is 1170. The normalized spacial score (nSPS) is 16.0. The van der Waals surface area contributed by atoms with E-state index in [1.54, 1.807) is 24.3 Å². The summed E-state index contributed by atoms with van der Waals surface area (Å²) in [5.74, 6) is -1.19. The van der Waals surface area contributed by atoms with Gasteiger partial charge in [0.1, 0.15) is 11.3 Å². The number of carbonyl (C=O) groups is 1. The van der Waals surface area contributed by atoms with Crippen molar-refractivity contribution in [3.63, 3.8) is 0 Å². The first kappa shape index (κ1) is 17.6. The molecule has 0 radical (unpaired) electrons. The second-order valence-corrected chi connectivity index (χ2v) is 7.38. The van der Waals surface area contributed by atoms with Crippen molar-refractivity contribution in [2.45, 2.75) is 5.92 Å². The Morgan fingerprint density at radius 3 is 2.63 bits per heavy atom. The fourth-order valence-corrected chi connectivity index (χ4v) is 4.48. The van der Waals surface area contributed by atoms with Gasteiger partial charge in [0.15, 0.2) is 0 Å². The van der Waals surface area contributed by atoms with Crippen LogP contribution in [-0.2, 0) is 9.53 Å². The molecule has 0 aliphatic carbocycles. The molecule has 0 spiro atoms. The molecule has 2 heterocycles. The molecule has 136 valence electrons. The number of benzene rings is 2. The Morgan fingerprint density at radius 1 is 1.19 bits per heavy atom. The molecule has 1 aliphatic rings. The zero-order chi connectivity index (χ0) is 19.1. The van der Waals surface area contributed by atoms with E-state index in [1.807, 2.05) is 24.3 Å². The maximum absolute atomic E-state index is 13.0. The summed E-state index contributed by atoms with van der Waals surface area (Å²) in [6.07, 6.45) is 0. The van der Waals surface area contributed by atoms with Gasteiger partial charge in [0.25, 0.3) is 0 Å². The van der Waals surface area contributed by atoms with E-state index in [9.17, 15) is 9.59 Å². The fourth-order valence-electron chi connectivity index (χ4n) is 3.29. The van der Waals surface area contributed by atoms with Crippen LogP contribution < -0.4 is 15.2 Å². The van der Waals surface area contributed by atoms with Gasteiger partial charge in [-0.2, -0.15) is 0 Å². The number of hydrogen-bond donors (Lipinski definition) is 1. The van der Waals surface area contributed by atoms with E-state index in [-0.39, 0.29) is 16.2 Å². The highest BCUT2D eigenvalue weighted by molar-refractivity contribution is 7.16. The topological polar surface area (TPSA) is 78.6 Å². The summed E-state index contributed by atoms with van der Waals surface area (Å²) >= 11 is 7.49. The van der Waals surface area contributed by atoms with Crippen molar-refractivity contribution in [2.75, 3.05) is 7.11 Å². The van der Waals surface area contributed by atoms with Crippen molar-refractivity contribution in [1.82, 2.24) is 0 Å². The molecule has 4 rings (SSSR count). The molecule has 0 amide bonds. The Balaban J connectivity index is 2.11. The molecule has 2 aromatic carbocycles. The van der Waals surface area contributed by atoms with Crippen LogP contribution in [0, 0.1) is 0 Å². The highest BCUT2D eigenvalue weighted by atomic mass is 35.5. The zero-order valence-electron chi connectivity index (χ0n) is 14.2. The lowest BCUT2D eigenvalue weighted by molar-refractivity contribution is -0.136. The van der Waals surface area contributed by atoms with Crippen LogP contribution in [0.3, 0.4) is 0 Å². The first-order valence-corrected chi connectivity index (χ1v) is 9.28. The molecule has 1 aliphatic heterocycles. The third-order valence-corrected chi connectivity index (χ3v) is 5.80. The van der Waals surface area contributed by atoms with Gasteiger partial charge in [-0.15, -0.1) is 0 Å². The molecule has 0 bridgehead atoms. The number of ether oxygens (including phenoxy) is 2. The number of carbonyl (C=O) groups excluding carboxylic acids is 1. The standard InChI is InChI=1S/C20H14ClNO4S/c1-25-19(23)16-14(10-6-2-4-8-12(10)21)15-17(26-18(16)22)11-7-3-5-9-13(11)27-20(15)24/h2-9,14H,22H2,1H3/t14-/m0/s1. The third-order valence-electron chi connectivity index (χ3n) is 4.48. The number of halogens is 1. The van der Waals surface area contributed by atoms with Gasteiger partial charge in [-0.3, -0.25) is 4.79 Å². The lowest BCUT2D eigenvalue weighted by atomic mass is 9.83. The number of methoxy groups -OCH3 is 1. The van der Waals surface area contributed by atoms with Gasteiger partial charge in [0.2, 0.25) is 10.6 Å². The molecule has 0 saturated heterocycles. The van der Waals surface area contributed by atoms with Crippen LogP contribution in [0.4, 0.5) is 0 Å². The molecule has 3 aromatic rings. The summed E-state index contributed by atoms with van der Waals surface area (Å²) in [6, 6.07) is 14.4. The predicted octanol–water partition coefficient (Wildman–Crippen LogP) is 3.78. The smallest absolute Gasteiger partial charge is 0.340 e. The van der Waals surface area contributed by atoms with E-state index in [0.29, 0.717) is 21.9 Å². The lowest BCUT2D eigenvalue weighted by Crippen LogP contribution is -2.30. The fraction of sp³-hybridized carbons (Fsp3) is 0.100. The molecule has 1 aromatic heterocycles. The first-order valence-electron chi connectivity index (χ1n) is 8.09. The number of nitrogens with two attached hydrogens (primary N) is 1.